The fraction of sp³-hybridized carbons (Fsp3) is 0.344. The van der Waals surface area contributed by atoms with Crippen molar-refractivity contribution in [2.75, 3.05) is 29.6 Å². The molecule has 1 heterocycles. The van der Waals surface area contributed by atoms with Gasteiger partial charge < -0.3 is 19.3 Å². The molecule has 0 unspecified atom stereocenters. The van der Waals surface area contributed by atoms with Gasteiger partial charge in [-0.15, -0.1) is 0 Å². The number of nitrogens with zero attached hydrogens (tertiary/aromatic N) is 2. The fourth-order valence-corrected chi connectivity index (χ4v) is 5.23. The zero-order valence-electron chi connectivity index (χ0n) is 23.1. The molecule has 0 N–H and O–H groups in total. The van der Waals surface area contributed by atoms with Crippen molar-refractivity contribution in [1.82, 2.24) is 0 Å². The largest absolute Gasteiger partial charge is 0.494 e. The lowest BCUT2D eigenvalue weighted by Crippen LogP contribution is -2.46. The van der Waals surface area contributed by atoms with Crippen LogP contribution >= 0.6 is 11.6 Å². The van der Waals surface area contributed by atoms with E-state index < -0.39 is 0 Å². The molecule has 3 aromatic carbocycles. The number of carbonyl (C=O) groups is 3. The van der Waals surface area contributed by atoms with Gasteiger partial charge in [-0.1, -0.05) is 29.8 Å². The molecular formula is C32H35ClN2O5. The second-order valence-electron chi connectivity index (χ2n) is 9.71. The fourth-order valence-electron chi connectivity index (χ4n) is 5.10. The van der Waals surface area contributed by atoms with Crippen LogP contribution in [0.3, 0.4) is 0 Å². The highest BCUT2D eigenvalue weighted by atomic mass is 35.5. The molecule has 2 amide bonds. The maximum absolute atomic E-state index is 13.8. The number of fused-ring (bicyclic) bond motifs is 1. The molecule has 0 radical (unpaired) electrons. The third-order valence-corrected chi connectivity index (χ3v) is 7.28. The summed E-state index contributed by atoms with van der Waals surface area (Å²) in [5, 5.41) is 0.617. The van der Waals surface area contributed by atoms with E-state index in [0.717, 1.165) is 16.9 Å². The number of amides is 2. The molecule has 40 heavy (non-hydrogen) atoms. The van der Waals surface area contributed by atoms with Crippen molar-refractivity contribution in [2.45, 2.75) is 52.0 Å². The second-order valence-corrected chi connectivity index (χ2v) is 10.1. The maximum Gasteiger partial charge on any atom is 0.305 e. The molecule has 8 heteroatoms. The highest BCUT2D eigenvalue weighted by Crippen LogP contribution is 2.41. The minimum absolute atomic E-state index is 0.000629. The first-order valence-electron chi connectivity index (χ1n) is 13.7. The molecule has 0 aliphatic carbocycles. The molecule has 0 bridgehead atoms. The van der Waals surface area contributed by atoms with E-state index in [4.69, 9.17) is 21.1 Å². The molecule has 7 nitrogen and oxygen atoms in total. The SMILES string of the molecule is CCOC(=O)CCCOc1ccc(C(=O)N2c3ccccc3[C@@H](C(=O)N(CC)c3ccc(Cl)cc3)C[C@@H]2C)cc1. The van der Waals surface area contributed by atoms with E-state index in [-0.39, 0.29) is 29.7 Å². The molecule has 1 aliphatic heterocycles. The number of hydrogen-bond donors (Lipinski definition) is 0. The molecule has 0 saturated heterocycles. The Morgan fingerprint density at radius 1 is 0.975 bits per heavy atom. The number of esters is 1. The van der Waals surface area contributed by atoms with Crippen molar-refractivity contribution in [3.8, 4) is 5.75 Å². The van der Waals surface area contributed by atoms with E-state index in [1.807, 2.05) is 50.2 Å². The first kappa shape index (κ1) is 29.2. The minimum atomic E-state index is -0.378. The third kappa shape index (κ3) is 6.65. The number of hydrogen-bond acceptors (Lipinski definition) is 5. The molecule has 0 aromatic heterocycles. The summed E-state index contributed by atoms with van der Waals surface area (Å²) in [4.78, 5) is 42.6. The van der Waals surface area contributed by atoms with Crippen LogP contribution in [0.15, 0.2) is 72.8 Å². The van der Waals surface area contributed by atoms with Crippen molar-refractivity contribution in [3.63, 3.8) is 0 Å². The first-order chi connectivity index (χ1) is 19.3. The van der Waals surface area contributed by atoms with Gasteiger partial charge in [-0.05, 0) is 93.8 Å². The van der Waals surface area contributed by atoms with Crippen molar-refractivity contribution < 1.29 is 23.9 Å². The van der Waals surface area contributed by atoms with Gasteiger partial charge in [0.25, 0.3) is 5.91 Å². The van der Waals surface area contributed by atoms with E-state index in [1.165, 1.54) is 0 Å². The molecule has 2 atom stereocenters. The van der Waals surface area contributed by atoms with Crippen LogP contribution in [-0.2, 0) is 14.3 Å². The Labute approximate surface area is 240 Å². The number of carbonyl (C=O) groups excluding carboxylic acids is 3. The van der Waals surface area contributed by atoms with Gasteiger partial charge in [0.1, 0.15) is 5.75 Å². The van der Waals surface area contributed by atoms with Crippen LogP contribution in [-0.4, -0.2) is 43.6 Å². The van der Waals surface area contributed by atoms with E-state index >= 15 is 0 Å². The molecule has 1 aliphatic rings. The van der Waals surface area contributed by atoms with Gasteiger partial charge in [-0.25, -0.2) is 0 Å². The summed E-state index contributed by atoms with van der Waals surface area (Å²) < 4.78 is 10.7. The Morgan fingerprint density at radius 2 is 1.68 bits per heavy atom. The van der Waals surface area contributed by atoms with Crippen molar-refractivity contribution in [2.24, 2.45) is 0 Å². The summed E-state index contributed by atoms with van der Waals surface area (Å²) in [5.74, 6) is -0.124. The highest BCUT2D eigenvalue weighted by Gasteiger charge is 2.38. The van der Waals surface area contributed by atoms with Crippen LogP contribution in [0.2, 0.25) is 5.02 Å². The number of para-hydroxylation sites is 1. The average Bonchev–Trinajstić information content (AvgIpc) is 2.96. The van der Waals surface area contributed by atoms with E-state index in [2.05, 4.69) is 0 Å². The predicted molar refractivity (Wildman–Crippen MR) is 157 cm³/mol. The van der Waals surface area contributed by atoms with Crippen LogP contribution < -0.4 is 14.5 Å². The van der Waals surface area contributed by atoms with Gasteiger partial charge in [0, 0.05) is 41.0 Å². The van der Waals surface area contributed by atoms with Gasteiger partial charge in [-0.3, -0.25) is 14.4 Å². The maximum atomic E-state index is 13.8. The number of likely N-dealkylation sites (N-methyl/N-ethyl adjacent to an activating group) is 1. The average molecular weight is 563 g/mol. The van der Waals surface area contributed by atoms with Gasteiger partial charge in [0.2, 0.25) is 5.91 Å². The summed E-state index contributed by atoms with van der Waals surface area (Å²) in [6, 6.07) is 21.7. The number of benzene rings is 3. The summed E-state index contributed by atoms with van der Waals surface area (Å²) in [6.45, 7) is 6.98. The standard InChI is InChI=1S/C32H35ClN2O5/c1-4-34(25-16-14-24(33)15-17-25)32(38)28-21-22(3)35(29-10-7-6-9-27(28)29)31(37)23-12-18-26(19-13-23)40-20-8-11-30(36)39-5-2/h6-7,9-10,12-19,22,28H,4-5,8,11,20-21H2,1-3H3/t22-,28-/m0/s1. The Bertz CT molecular complexity index is 1330. The van der Waals surface area contributed by atoms with Crippen LogP contribution in [0.4, 0.5) is 11.4 Å². The number of anilines is 2. The number of ether oxygens (including phenoxy) is 2. The van der Waals surface area contributed by atoms with E-state index in [1.54, 1.807) is 53.1 Å². The zero-order chi connectivity index (χ0) is 28.6. The monoisotopic (exact) mass is 562 g/mol. The summed E-state index contributed by atoms with van der Waals surface area (Å²) >= 11 is 6.06. The Kier molecular flexibility index (Phi) is 9.83. The van der Waals surface area contributed by atoms with Gasteiger partial charge >= 0.3 is 5.97 Å². The zero-order valence-corrected chi connectivity index (χ0v) is 23.9. The topological polar surface area (TPSA) is 76.1 Å². The van der Waals surface area contributed by atoms with Crippen molar-refractivity contribution in [1.29, 1.82) is 0 Å². The summed E-state index contributed by atoms with van der Waals surface area (Å²) in [6.07, 6.45) is 1.36. The van der Waals surface area contributed by atoms with Crippen molar-refractivity contribution in [3.05, 3.63) is 88.9 Å². The van der Waals surface area contributed by atoms with Crippen LogP contribution in [0.25, 0.3) is 0 Å². The van der Waals surface area contributed by atoms with E-state index in [0.29, 0.717) is 55.4 Å². The normalized spacial score (nSPS) is 16.1. The molecule has 3 aromatic rings. The summed E-state index contributed by atoms with van der Waals surface area (Å²) in [7, 11) is 0. The Hall–Kier alpha value is -3.84. The molecule has 0 spiro atoms. The lowest BCUT2D eigenvalue weighted by Gasteiger charge is -2.40. The van der Waals surface area contributed by atoms with Crippen LogP contribution in [0, 0.1) is 0 Å². The van der Waals surface area contributed by atoms with E-state index in [9.17, 15) is 14.4 Å². The van der Waals surface area contributed by atoms with Gasteiger partial charge in [0.05, 0.1) is 19.1 Å². The molecule has 4 rings (SSSR count). The molecule has 0 fully saturated rings. The lowest BCUT2D eigenvalue weighted by atomic mass is 9.84. The second kappa shape index (κ2) is 13.5. The first-order valence-corrected chi connectivity index (χ1v) is 14.1. The minimum Gasteiger partial charge on any atom is -0.494 e. The highest BCUT2D eigenvalue weighted by molar-refractivity contribution is 6.30. The third-order valence-electron chi connectivity index (χ3n) is 7.03. The van der Waals surface area contributed by atoms with Gasteiger partial charge in [-0.2, -0.15) is 0 Å². The Morgan fingerprint density at radius 3 is 2.35 bits per heavy atom. The van der Waals surface area contributed by atoms with Crippen molar-refractivity contribution >= 4 is 40.8 Å². The lowest BCUT2D eigenvalue weighted by molar-refractivity contribution is -0.143. The quantitative estimate of drug-likeness (QED) is 0.204. The molecular weight excluding hydrogens is 528 g/mol. The van der Waals surface area contributed by atoms with Gasteiger partial charge in [0.15, 0.2) is 0 Å². The van der Waals surface area contributed by atoms with Crippen LogP contribution in [0.1, 0.15) is 61.9 Å². The predicted octanol–water partition coefficient (Wildman–Crippen LogP) is 6.64. The summed E-state index contributed by atoms with van der Waals surface area (Å²) in [5.41, 5.74) is 2.91. The molecule has 210 valence electrons. The number of halogens is 1. The molecule has 0 saturated carbocycles. The smallest absolute Gasteiger partial charge is 0.305 e. The number of rotatable bonds is 10. The van der Waals surface area contributed by atoms with Crippen LogP contribution in [0.5, 0.6) is 5.75 Å². The Balaban J connectivity index is 1.49.